The van der Waals surface area contributed by atoms with E-state index in [1.807, 2.05) is 106 Å². The smallest absolute Gasteiger partial charge is 0.513 e. The molecule has 0 aliphatic carbocycles. The molecule has 6 bridgehead atoms. The molecule has 0 radical (unpaired) electrons. The summed E-state index contributed by atoms with van der Waals surface area (Å²) in [6, 6.07) is 31.9. The number of hydrogen-bond donors (Lipinski definition) is 6. The van der Waals surface area contributed by atoms with Gasteiger partial charge in [0.25, 0.3) is 50.6 Å². The molecule has 6 aromatic rings. The van der Waals surface area contributed by atoms with Gasteiger partial charge in [-0.1, -0.05) is 104 Å². The van der Waals surface area contributed by atoms with Crippen molar-refractivity contribution in [1.29, 1.82) is 0 Å². The maximum absolute atomic E-state index is 12.2. The molecule has 6 N–H and O–H groups in total. The van der Waals surface area contributed by atoms with Gasteiger partial charge in [0.15, 0.2) is 40.0 Å². The van der Waals surface area contributed by atoms with Crippen molar-refractivity contribution in [2.45, 2.75) is 122 Å². The molecule has 1 atom stereocenters. The van der Waals surface area contributed by atoms with Crippen molar-refractivity contribution in [3.8, 4) is 0 Å². The Morgan fingerprint density at radius 3 is 1.02 bits per heavy atom. The fraction of sp³-hybridized carbons (Fsp3) is 0.514. The lowest BCUT2D eigenvalue weighted by Gasteiger charge is -2.44. The molecule has 0 amide bonds. The lowest BCUT2D eigenvalue weighted by Crippen LogP contribution is -2.70. The van der Waals surface area contributed by atoms with E-state index in [2.05, 4.69) is 32.8 Å². The normalized spacial score (nSPS) is 16.2. The lowest BCUT2D eigenvalue weighted by molar-refractivity contribution is -0.929. The summed E-state index contributed by atoms with van der Waals surface area (Å²) in [7, 11) is -33.6. The van der Waals surface area contributed by atoms with Crippen molar-refractivity contribution in [2.75, 3.05) is 108 Å². The Kier molecular flexibility index (Phi) is 27.4. The van der Waals surface area contributed by atoms with Crippen LogP contribution in [-0.4, -0.2) is 244 Å². The van der Waals surface area contributed by atoms with Gasteiger partial charge in [-0.05, 0) is 115 Å². The highest BCUT2D eigenvalue weighted by atomic mass is 32.2. The Bertz CT molecular complexity index is 4870. The fourth-order valence-electron chi connectivity index (χ4n) is 14.9. The van der Waals surface area contributed by atoms with Crippen LogP contribution in [0.3, 0.4) is 0 Å². The van der Waals surface area contributed by atoms with Gasteiger partial charge >= 0.3 is 8.88 Å². The molecular formula is C70H100N10O20S5Si3+2. The van der Waals surface area contributed by atoms with E-state index in [1.54, 1.807) is 0 Å². The second-order valence-corrected chi connectivity index (χ2v) is 49.1. The monoisotopic (exact) mass is 1640 g/mol. The molecule has 0 spiro atoms. The molecule has 0 saturated carbocycles. The number of ether oxygens (including phenoxy) is 2. The average molecular weight is 1650 g/mol. The van der Waals surface area contributed by atoms with Gasteiger partial charge in [-0.15, -0.1) is 0 Å². The maximum atomic E-state index is 12.2. The molecule has 6 heterocycles. The highest BCUT2D eigenvalue weighted by Gasteiger charge is 2.58. The molecule has 590 valence electrons. The van der Waals surface area contributed by atoms with Crippen LogP contribution in [0.2, 0.25) is 38.3 Å². The summed E-state index contributed by atoms with van der Waals surface area (Å²) < 4.78 is 205. The Hall–Kier alpha value is -6.26. The molecule has 4 aliphatic heterocycles. The van der Waals surface area contributed by atoms with E-state index in [0.29, 0.717) is 204 Å². The molecular weight excluding hydrogens is 1550 g/mol. The van der Waals surface area contributed by atoms with E-state index in [4.69, 9.17) is 47.7 Å². The van der Waals surface area contributed by atoms with Gasteiger partial charge < -0.3 is 31.8 Å². The first kappa shape index (κ1) is 84.2. The molecule has 1 unspecified atom stereocenters. The van der Waals surface area contributed by atoms with E-state index in [-0.39, 0.29) is 75.2 Å². The van der Waals surface area contributed by atoms with Crippen LogP contribution < -0.4 is 11.0 Å². The third-order valence-electron chi connectivity index (χ3n) is 20.0. The number of aliphatic imine (C=N–C) groups is 4. The molecule has 10 rings (SSSR count). The third kappa shape index (κ3) is 22.8. The van der Waals surface area contributed by atoms with Crippen molar-refractivity contribution in [1.82, 2.24) is 8.47 Å². The number of unbranched alkanes of at least 4 members (excludes halogenated alkanes) is 5. The molecule has 0 saturated heterocycles. The maximum Gasteiger partial charge on any atom is 0.582 e. The number of rotatable bonds is 46. The summed E-state index contributed by atoms with van der Waals surface area (Å²) in [5, 5.41) is 12.3. The minimum atomic E-state index is -4.96. The van der Waals surface area contributed by atoms with Crippen LogP contribution in [0.1, 0.15) is 106 Å². The third-order valence-corrected chi connectivity index (χ3v) is 35.7. The standard InChI is InChI=1S/C70H98N10O20S5Si3/c1-54(81)34-43-97-45-46-98-44-42-80(38-17-22-50-104(91,92)93,39-18-23-51-105(94,95)96)41-25-53-107(4,5)100-108(99-106(2,3)52-24-40-79(35-14-19-47-101(82,83)84,36-15-20-48-102(85,86)87)37-16-21-49-103(88,89)90)77-67-59-30-10-11-31-60(59)69(77)75-65-57-28-8-9-29-58(57)66(72-65)76-70-62-33-13-12-32-61(62)68(78(70)108)74-64-56-27-7-6-26-55(56)63(71-64)73-67/h6-13,26-33H,1,14-25,34-53H2,2-5H3,(H4-2,81,82,83,84,85,86,87,88,89,90,91,92,93,94,95,96)/p+2. The number of aromatic nitrogens is 2. The highest BCUT2D eigenvalue weighted by molar-refractivity contribution is 7.86. The lowest BCUT2D eigenvalue weighted by atomic mass is 10.1. The van der Waals surface area contributed by atoms with E-state index in [1.165, 1.54) is 0 Å². The summed E-state index contributed by atoms with van der Waals surface area (Å²) in [6.07, 6.45) is 3.26. The summed E-state index contributed by atoms with van der Waals surface area (Å²) in [5.74, 6) is -0.255. The number of aliphatic hydroxyl groups is 1. The second kappa shape index (κ2) is 35.2. The van der Waals surface area contributed by atoms with Gasteiger partial charge in [-0.3, -0.25) is 31.2 Å². The van der Waals surface area contributed by atoms with Crippen LogP contribution in [0, 0.1) is 0 Å². The zero-order chi connectivity index (χ0) is 78.0. The number of benzene rings is 4. The van der Waals surface area contributed by atoms with Crippen molar-refractivity contribution in [3.63, 3.8) is 0 Å². The Balaban J connectivity index is 1.17. The van der Waals surface area contributed by atoms with Crippen LogP contribution in [0.15, 0.2) is 139 Å². The quantitative estimate of drug-likeness (QED) is 0.00682. The Labute approximate surface area is 635 Å². The average Bonchev–Trinajstić information content (AvgIpc) is 1.53. The number of quaternary nitrogens is 2. The summed E-state index contributed by atoms with van der Waals surface area (Å²) in [6.45, 7) is 15.9. The minimum absolute atomic E-state index is 0.0141. The van der Waals surface area contributed by atoms with Crippen LogP contribution in [-0.2, 0) is 68.3 Å². The van der Waals surface area contributed by atoms with Gasteiger partial charge in [0, 0.05) is 50.2 Å². The number of fused-ring (bicyclic) bond motifs is 14. The molecule has 30 nitrogen and oxygen atoms in total. The van der Waals surface area contributed by atoms with E-state index in [0.717, 1.165) is 0 Å². The summed E-state index contributed by atoms with van der Waals surface area (Å²) in [4.78, 5) is 33.3. The molecule has 108 heavy (non-hydrogen) atoms. The van der Waals surface area contributed by atoms with Crippen molar-refractivity contribution in [3.05, 3.63) is 143 Å². The van der Waals surface area contributed by atoms with Crippen LogP contribution >= 0.6 is 0 Å². The topological polar surface area (TPSA) is 413 Å². The molecule has 4 aromatic carbocycles. The zero-order valence-corrected chi connectivity index (χ0v) is 68.6. The van der Waals surface area contributed by atoms with E-state index in [9.17, 15) is 70.0 Å². The highest BCUT2D eigenvalue weighted by Crippen LogP contribution is 2.46. The van der Waals surface area contributed by atoms with Crippen molar-refractivity contribution in [2.24, 2.45) is 30.0 Å². The van der Waals surface area contributed by atoms with E-state index >= 15 is 0 Å². The first-order chi connectivity index (χ1) is 50.9. The predicted octanol–water partition coefficient (Wildman–Crippen LogP) is 9.06. The number of nitrogens with zero attached hydrogens (tertiary/aromatic N) is 10. The largest absolute Gasteiger partial charge is 0.582 e. The van der Waals surface area contributed by atoms with Gasteiger partial charge in [0.1, 0.15) is 29.2 Å². The zero-order valence-electron chi connectivity index (χ0n) is 61.5. The van der Waals surface area contributed by atoms with Crippen LogP contribution in [0.5, 0.6) is 0 Å². The molecule has 2 aromatic heterocycles. The predicted molar refractivity (Wildman–Crippen MR) is 423 cm³/mol. The molecule has 4 aliphatic rings. The fourth-order valence-corrected chi connectivity index (χ4v) is 30.3. The first-order valence-corrected chi connectivity index (χ1v) is 52.5. The van der Waals surface area contributed by atoms with Crippen LogP contribution in [0.4, 0.5) is 11.6 Å². The number of amidine groups is 4. The Morgan fingerprint density at radius 1 is 0.389 bits per heavy atom. The van der Waals surface area contributed by atoms with Crippen LogP contribution in [0.25, 0.3) is 21.5 Å². The van der Waals surface area contributed by atoms with Crippen molar-refractivity contribution >= 4 is 133 Å². The Morgan fingerprint density at radius 2 is 0.685 bits per heavy atom. The van der Waals surface area contributed by atoms with Gasteiger partial charge in [-0.25, -0.2) is 30.0 Å². The SMILES string of the molecule is C=C(O)CCOCCOCC[N+](CCCCS(=O)(=O)O)(CCCCS(=O)(=O)O)CCC[Si](C)(C)O[Si]1(O[Si](C)(C)CCC[N+](CCCCS(=O)(=O)O)(CCCCS(=O)(=O)O)CCCCS(=O)(=O)O)n2c3c4ccccc4c2N=C2N=C(N=c4c5ccccc5c(n41)=NC1=NC(=N3)c3ccccc31)c1ccccc12. The van der Waals surface area contributed by atoms with Gasteiger partial charge in [-0.2, -0.15) is 42.1 Å². The minimum Gasteiger partial charge on any atom is -0.513 e. The van der Waals surface area contributed by atoms with E-state index < -0.39 is 105 Å². The number of aliphatic hydroxyl groups excluding tert-OH is 1. The molecule has 0 fully saturated rings. The second-order valence-electron chi connectivity index (χ2n) is 29.6. The first-order valence-electron chi connectivity index (χ1n) is 36.5. The van der Waals surface area contributed by atoms with Gasteiger partial charge in [0.05, 0.1) is 107 Å². The molecule has 38 heteroatoms. The van der Waals surface area contributed by atoms with Gasteiger partial charge in [0.2, 0.25) is 0 Å². The number of hydrogen-bond acceptors (Lipinski definition) is 21. The summed E-state index contributed by atoms with van der Waals surface area (Å²) in [5.41, 5.74) is 3.67. The summed E-state index contributed by atoms with van der Waals surface area (Å²) >= 11 is 0. The van der Waals surface area contributed by atoms with Crippen molar-refractivity contribution < 1.29 is 96.6 Å².